The normalized spacial score (nSPS) is 17.0. The molecule has 3 heterocycles. The van der Waals surface area contributed by atoms with Crippen LogP contribution in [0.4, 0.5) is 0 Å². The average Bonchev–Trinajstić information content (AvgIpc) is 3.52. The summed E-state index contributed by atoms with van der Waals surface area (Å²) in [6, 6.07) is 65.2. The van der Waals surface area contributed by atoms with Gasteiger partial charge in [0.2, 0.25) is 0 Å². The highest BCUT2D eigenvalue weighted by Gasteiger charge is 2.47. The van der Waals surface area contributed by atoms with Gasteiger partial charge in [-0.2, -0.15) is 0 Å². The van der Waals surface area contributed by atoms with Gasteiger partial charge in [-0.3, -0.25) is 4.79 Å². The summed E-state index contributed by atoms with van der Waals surface area (Å²) in [7, 11) is 0. The molecule has 5 nitrogen and oxygen atoms in total. The second kappa shape index (κ2) is 15.9. The number of allylic oxidation sites excluding steroid dienone is 6. The Morgan fingerprint density at radius 2 is 1.15 bits per heavy atom. The molecule has 1 aliphatic carbocycles. The van der Waals surface area contributed by atoms with E-state index < -0.39 is 11.6 Å². The van der Waals surface area contributed by atoms with Crippen LogP contribution < -0.4 is 5.32 Å². The first-order chi connectivity index (χ1) is 30.2. The summed E-state index contributed by atoms with van der Waals surface area (Å²) in [6.45, 7) is 4.00. The molecule has 0 spiro atoms. The van der Waals surface area contributed by atoms with Gasteiger partial charge in [0, 0.05) is 33.0 Å². The Morgan fingerprint density at radius 3 is 1.80 bits per heavy atom. The monoisotopic (exact) mass is 788 g/mol. The second-order valence-corrected chi connectivity index (χ2v) is 15.2. The van der Waals surface area contributed by atoms with Gasteiger partial charge in [-0.15, -0.1) is 0 Å². The summed E-state index contributed by atoms with van der Waals surface area (Å²) in [4.78, 5) is 24.6. The number of para-hydroxylation sites is 2. The van der Waals surface area contributed by atoms with Crippen LogP contribution in [0.15, 0.2) is 227 Å². The van der Waals surface area contributed by atoms with Crippen LogP contribution in [0, 0.1) is 0 Å². The minimum Gasteiger partial charge on any atom is -0.324 e. The maximum atomic E-state index is 14.3. The van der Waals surface area contributed by atoms with E-state index in [-0.39, 0.29) is 5.78 Å². The van der Waals surface area contributed by atoms with Crippen molar-refractivity contribution in [1.82, 2.24) is 9.88 Å². The highest BCUT2D eigenvalue weighted by molar-refractivity contribution is 6.17. The van der Waals surface area contributed by atoms with E-state index in [1.54, 1.807) is 0 Å². The van der Waals surface area contributed by atoms with Crippen molar-refractivity contribution in [2.24, 2.45) is 9.98 Å². The van der Waals surface area contributed by atoms with Crippen molar-refractivity contribution >= 4 is 45.0 Å². The van der Waals surface area contributed by atoms with Crippen LogP contribution >= 0.6 is 0 Å². The van der Waals surface area contributed by atoms with E-state index in [0.29, 0.717) is 17.6 Å². The zero-order valence-electron chi connectivity index (χ0n) is 34.2. The van der Waals surface area contributed by atoms with E-state index in [1.165, 1.54) is 16.3 Å². The van der Waals surface area contributed by atoms with E-state index in [9.17, 15) is 4.79 Å². The molecule has 0 amide bonds. The Kier molecular flexibility index (Phi) is 9.78. The molecule has 0 fully saturated rings. The van der Waals surface area contributed by atoms with E-state index in [4.69, 9.17) is 9.98 Å². The largest absolute Gasteiger partial charge is 0.324 e. The lowest BCUT2D eigenvalue weighted by Crippen LogP contribution is -2.37. The lowest BCUT2D eigenvalue weighted by Gasteiger charge is -2.43. The molecule has 11 rings (SSSR count). The topological polar surface area (TPSA) is 58.8 Å². The zero-order valence-corrected chi connectivity index (χ0v) is 34.2. The minimum absolute atomic E-state index is 0.0156. The summed E-state index contributed by atoms with van der Waals surface area (Å²) in [5.74, 6) is 1.59. The van der Waals surface area contributed by atoms with Crippen LogP contribution in [-0.4, -0.2) is 22.0 Å². The Morgan fingerprint density at radius 1 is 0.590 bits per heavy atom. The van der Waals surface area contributed by atoms with Crippen molar-refractivity contribution in [2.45, 2.75) is 31.8 Å². The molecule has 0 bridgehead atoms. The number of Topliss-reactive ketones (excluding diaryl/α,β-unsaturated/α-hetero) is 1. The van der Waals surface area contributed by atoms with Crippen LogP contribution in [0.3, 0.4) is 0 Å². The molecule has 1 aromatic heterocycles. The number of hydrogen-bond donors (Lipinski definition) is 1. The van der Waals surface area contributed by atoms with Crippen molar-refractivity contribution in [2.75, 3.05) is 0 Å². The molecule has 2 aliphatic heterocycles. The number of hydrogen-bond acceptors (Lipinski definition) is 4. The van der Waals surface area contributed by atoms with Crippen LogP contribution in [0.2, 0.25) is 0 Å². The molecule has 3 aliphatic rings. The quantitative estimate of drug-likeness (QED) is 0.164. The van der Waals surface area contributed by atoms with E-state index >= 15 is 0 Å². The van der Waals surface area contributed by atoms with Crippen molar-refractivity contribution in [1.29, 1.82) is 0 Å². The van der Waals surface area contributed by atoms with Crippen LogP contribution in [-0.2, 0) is 5.41 Å². The third kappa shape index (κ3) is 6.29. The van der Waals surface area contributed by atoms with Crippen LogP contribution in [0.5, 0.6) is 0 Å². The predicted molar refractivity (Wildman–Crippen MR) is 251 cm³/mol. The van der Waals surface area contributed by atoms with Gasteiger partial charge in [0.15, 0.2) is 11.9 Å². The molecule has 7 aromatic carbocycles. The highest BCUT2D eigenvalue weighted by Crippen LogP contribution is 2.56. The van der Waals surface area contributed by atoms with Crippen molar-refractivity contribution < 1.29 is 4.79 Å². The average molecular weight is 789 g/mol. The number of aliphatic imine (C=N–C) groups is 2. The number of nitrogens with one attached hydrogen (secondary N) is 1. The van der Waals surface area contributed by atoms with Crippen molar-refractivity contribution in [3.63, 3.8) is 0 Å². The molecule has 294 valence electrons. The summed E-state index contributed by atoms with van der Waals surface area (Å²) in [5.41, 5.74) is 11.5. The second-order valence-electron chi connectivity index (χ2n) is 15.2. The van der Waals surface area contributed by atoms with Crippen molar-refractivity contribution in [3.8, 4) is 0 Å². The predicted octanol–water partition coefficient (Wildman–Crippen LogP) is 12.6. The molecule has 1 unspecified atom stereocenters. The van der Waals surface area contributed by atoms with Crippen LogP contribution in [0.25, 0.3) is 27.5 Å². The molecule has 1 atom stereocenters. The van der Waals surface area contributed by atoms with E-state index in [2.05, 4.69) is 149 Å². The van der Waals surface area contributed by atoms with Gasteiger partial charge in [0.05, 0.1) is 22.1 Å². The number of nitrogens with zero attached hydrogens (tertiary/aromatic N) is 3. The molecule has 8 aromatic rings. The third-order valence-electron chi connectivity index (χ3n) is 12.0. The highest BCUT2D eigenvalue weighted by atomic mass is 16.1. The van der Waals surface area contributed by atoms with Crippen LogP contribution in [0.1, 0.15) is 70.2 Å². The van der Waals surface area contributed by atoms with Gasteiger partial charge in [0.1, 0.15) is 11.7 Å². The third-order valence-corrected chi connectivity index (χ3v) is 12.0. The van der Waals surface area contributed by atoms with E-state index in [0.717, 1.165) is 61.8 Å². The molecule has 5 heteroatoms. The molecular weight excluding hydrogens is 745 g/mol. The van der Waals surface area contributed by atoms with E-state index in [1.807, 2.05) is 80.6 Å². The summed E-state index contributed by atoms with van der Waals surface area (Å²) >= 11 is 0. The van der Waals surface area contributed by atoms with Gasteiger partial charge < -0.3 is 9.88 Å². The van der Waals surface area contributed by atoms with Gasteiger partial charge in [-0.05, 0) is 46.4 Å². The number of benzene rings is 7. The number of carbonyl (C=O) groups is 1. The first-order valence-electron chi connectivity index (χ1n) is 21.1. The standard InChI is InChI=1S/C54H38N4O.C2H6/c59-50(36-17-5-1-6-18-36)40-23-15-28-45-48(35-40)58-47-30-14-13-26-43(47)44-27-16-29-46(49(44)58)54(45,41-24-11-4-12-25-41)42-33-31-39(32-34-42)53-56-51(37-19-7-2-8-20-37)55-52(57-53)38-21-9-3-10-22-38;1-2/h1-14,16-35,53H,15H2,(H,55,56,57);1-2H3. The fourth-order valence-corrected chi connectivity index (χ4v) is 9.32. The number of amidine groups is 2. The fraction of sp³-hybridized carbons (Fsp3) is 0.0893. The van der Waals surface area contributed by atoms with Gasteiger partial charge >= 0.3 is 0 Å². The fourth-order valence-electron chi connectivity index (χ4n) is 9.32. The Hall–Kier alpha value is -7.63. The summed E-state index contributed by atoms with van der Waals surface area (Å²) in [6.07, 6.45) is 6.71. The van der Waals surface area contributed by atoms with Gasteiger partial charge in [-0.1, -0.05) is 208 Å². The number of rotatable bonds is 7. The van der Waals surface area contributed by atoms with Gasteiger partial charge in [-0.25, -0.2) is 9.98 Å². The maximum Gasteiger partial charge on any atom is 0.192 e. The minimum atomic E-state index is -0.723. The first-order valence-corrected chi connectivity index (χ1v) is 21.1. The number of fused-ring (bicyclic) bond motifs is 5. The molecule has 61 heavy (non-hydrogen) atoms. The molecule has 1 N–H and O–H groups in total. The van der Waals surface area contributed by atoms with Crippen molar-refractivity contribution in [3.05, 3.63) is 256 Å². The zero-order chi connectivity index (χ0) is 41.3. The first kappa shape index (κ1) is 37.6. The SMILES string of the molecule is CC.O=C(C1=CCC=C2C(=C1)n1c3ccccc3c3cccc(c31)C2(c1ccccc1)c1ccc(C2N=C(c3ccccc3)NC(c3ccccc3)=N2)cc1)c1ccccc1. The number of carbonyl (C=O) groups excluding carboxylic acids is 1. The maximum absolute atomic E-state index is 14.3. The lowest BCUT2D eigenvalue weighted by atomic mass is 9.62. The number of aromatic nitrogens is 1. The molecular formula is C56H44N4O. The molecule has 0 radical (unpaired) electrons. The molecule has 0 saturated carbocycles. The Bertz CT molecular complexity index is 3030. The summed E-state index contributed by atoms with van der Waals surface area (Å²) < 4.78 is 2.40. The Balaban J connectivity index is 0.00000220. The lowest BCUT2D eigenvalue weighted by molar-refractivity contribution is 0.103. The Labute approximate surface area is 356 Å². The smallest absolute Gasteiger partial charge is 0.192 e. The number of ketones is 1. The van der Waals surface area contributed by atoms with Gasteiger partial charge in [0.25, 0.3) is 0 Å². The summed E-state index contributed by atoms with van der Waals surface area (Å²) in [5, 5.41) is 5.88. The molecule has 0 saturated heterocycles.